The number of para-hydroxylation sites is 1. The molecule has 2 heterocycles. The molecule has 8 heteroatoms. The van der Waals surface area contributed by atoms with Gasteiger partial charge in [-0.15, -0.1) is 0 Å². The summed E-state index contributed by atoms with van der Waals surface area (Å²) in [6, 6.07) is 8.04. The average molecular weight is 418 g/mol. The first-order valence-corrected chi connectivity index (χ1v) is 10.5. The van der Waals surface area contributed by atoms with Crippen LogP contribution in [-0.2, 0) is 14.3 Å². The Labute approximate surface area is 177 Å². The highest BCUT2D eigenvalue weighted by molar-refractivity contribution is 5.89. The zero-order valence-corrected chi connectivity index (χ0v) is 18.1. The van der Waals surface area contributed by atoms with E-state index in [1.54, 1.807) is 32.6 Å². The van der Waals surface area contributed by atoms with Crippen molar-refractivity contribution in [2.24, 2.45) is 5.92 Å². The Balaban J connectivity index is 1.76. The van der Waals surface area contributed by atoms with E-state index in [0.717, 1.165) is 0 Å². The summed E-state index contributed by atoms with van der Waals surface area (Å²) in [6.45, 7) is 8.27. The molecule has 0 radical (unpaired) electrons. The quantitative estimate of drug-likeness (QED) is 0.761. The van der Waals surface area contributed by atoms with Crippen molar-refractivity contribution >= 4 is 23.8 Å². The van der Waals surface area contributed by atoms with Crippen molar-refractivity contribution in [3.05, 3.63) is 30.3 Å². The summed E-state index contributed by atoms with van der Waals surface area (Å²) in [6.07, 6.45) is 0.692. The van der Waals surface area contributed by atoms with Gasteiger partial charge in [-0.25, -0.2) is 14.4 Å². The zero-order valence-electron chi connectivity index (χ0n) is 18.1. The molecular formula is C22H31N3O5. The normalized spacial score (nSPS) is 23.5. The number of carbonyl (C=O) groups excluding carboxylic acids is 3. The molecule has 30 heavy (non-hydrogen) atoms. The fraction of sp³-hybridized carbons (Fsp3) is 0.591. The van der Waals surface area contributed by atoms with Crippen LogP contribution in [0.2, 0.25) is 0 Å². The molecule has 8 nitrogen and oxygen atoms in total. The van der Waals surface area contributed by atoms with Gasteiger partial charge in [0.15, 0.2) is 0 Å². The Morgan fingerprint density at radius 2 is 1.87 bits per heavy atom. The van der Waals surface area contributed by atoms with Gasteiger partial charge in [-0.2, -0.15) is 0 Å². The molecule has 164 valence electrons. The second-order valence-electron chi connectivity index (χ2n) is 8.75. The van der Waals surface area contributed by atoms with Gasteiger partial charge in [-0.3, -0.25) is 4.90 Å². The lowest BCUT2D eigenvalue weighted by Gasteiger charge is -2.39. The molecule has 0 saturated carbocycles. The van der Waals surface area contributed by atoms with Crippen LogP contribution < -0.4 is 5.32 Å². The van der Waals surface area contributed by atoms with Gasteiger partial charge in [0.05, 0.1) is 12.6 Å². The molecule has 2 saturated heterocycles. The van der Waals surface area contributed by atoms with Crippen molar-refractivity contribution < 1.29 is 23.9 Å². The second-order valence-corrected chi connectivity index (χ2v) is 8.75. The number of hydrogen-bond acceptors (Lipinski definition) is 5. The number of fused-ring (bicyclic) bond motifs is 1. The highest BCUT2D eigenvalue weighted by atomic mass is 16.6. The Hall–Kier alpha value is -2.77. The summed E-state index contributed by atoms with van der Waals surface area (Å²) < 4.78 is 10.8. The molecule has 1 aromatic carbocycles. The van der Waals surface area contributed by atoms with Crippen LogP contribution in [0.1, 0.15) is 40.5 Å². The number of piperidine rings is 1. The minimum atomic E-state index is -0.688. The lowest BCUT2D eigenvalue weighted by Crippen LogP contribution is -2.55. The summed E-state index contributed by atoms with van der Waals surface area (Å²) in [4.78, 5) is 41.5. The molecule has 1 aromatic rings. The molecule has 0 unspecified atom stereocenters. The molecule has 2 aliphatic heterocycles. The number of ether oxygens (including phenoxy) is 2. The number of urea groups is 1. The predicted molar refractivity (Wildman–Crippen MR) is 112 cm³/mol. The topological polar surface area (TPSA) is 88.2 Å². The number of rotatable bonds is 3. The van der Waals surface area contributed by atoms with E-state index in [9.17, 15) is 14.4 Å². The van der Waals surface area contributed by atoms with Crippen LogP contribution in [0.3, 0.4) is 0 Å². The third-order valence-electron chi connectivity index (χ3n) is 5.42. The van der Waals surface area contributed by atoms with E-state index >= 15 is 0 Å². The number of hydrogen-bond donors (Lipinski definition) is 1. The molecule has 3 atom stereocenters. The molecule has 1 N–H and O–H groups in total. The Morgan fingerprint density at radius 1 is 1.17 bits per heavy atom. The van der Waals surface area contributed by atoms with Gasteiger partial charge >= 0.3 is 18.1 Å². The Kier molecular flexibility index (Phi) is 6.53. The van der Waals surface area contributed by atoms with Crippen LogP contribution in [-0.4, -0.2) is 65.3 Å². The van der Waals surface area contributed by atoms with Gasteiger partial charge in [0.25, 0.3) is 0 Å². The van der Waals surface area contributed by atoms with Gasteiger partial charge in [-0.05, 0) is 58.6 Å². The van der Waals surface area contributed by atoms with Crippen molar-refractivity contribution in [2.75, 3.05) is 25.0 Å². The number of benzene rings is 1. The van der Waals surface area contributed by atoms with E-state index in [0.29, 0.717) is 31.6 Å². The highest BCUT2D eigenvalue weighted by Gasteiger charge is 2.51. The number of nitrogens with one attached hydrogen (secondary N) is 1. The maximum atomic E-state index is 13.0. The number of nitrogens with zero attached hydrogens (tertiary/aromatic N) is 2. The van der Waals surface area contributed by atoms with Crippen molar-refractivity contribution in [3.8, 4) is 0 Å². The van der Waals surface area contributed by atoms with Crippen LogP contribution >= 0.6 is 0 Å². The number of likely N-dealkylation sites (tertiary alicyclic amines) is 2. The monoisotopic (exact) mass is 417 g/mol. The molecule has 0 spiro atoms. The Morgan fingerprint density at radius 3 is 2.50 bits per heavy atom. The SMILES string of the molecule is CCOC(=O)[C@@H]1C[C@@H]2CCN(C(=O)Nc3ccccc3)C[C@@H]2N1C(=O)OC(C)(C)C. The van der Waals surface area contributed by atoms with Gasteiger partial charge in [0, 0.05) is 18.8 Å². The van der Waals surface area contributed by atoms with Crippen LogP contribution in [0.25, 0.3) is 0 Å². The minimum Gasteiger partial charge on any atom is -0.464 e. The molecule has 0 bridgehead atoms. The summed E-state index contributed by atoms with van der Waals surface area (Å²) in [5.41, 5.74) is 0.0254. The number of carbonyl (C=O) groups is 3. The highest BCUT2D eigenvalue weighted by Crippen LogP contribution is 2.37. The van der Waals surface area contributed by atoms with Crippen molar-refractivity contribution in [1.82, 2.24) is 9.80 Å². The fourth-order valence-corrected chi connectivity index (χ4v) is 4.14. The molecule has 3 amide bonds. The summed E-state index contributed by atoms with van der Waals surface area (Å²) >= 11 is 0. The van der Waals surface area contributed by atoms with Gasteiger partial charge in [0.1, 0.15) is 11.6 Å². The molecule has 2 fully saturated rings. The lowest BCUT2D eigenvalue weighted by molar-refractivity contribution is -0.148. The van der Waals surface area contributed by atoms with E-state index in [2.05, 4.69) is 5.32 Å². The Bertz CT molecular complexity index is 777. The van der Waals surface area contributed by atoms with Gasteiger partial charge in [-0.1, -0.05) is 18.2 Å². The molecule has 3 rings (SSSR count). The fourth-order valence-electron chi connectivity index (χ4n) is 4.14. The van der Waals surface area contributed by atoms with E-state index in [4.69, 9.17) is 9.47 Å². The summed E-state index contributed by atoms with van der Waals surface area (Å²) in [5, 5.41) is 2.89. The zero-order chi connectivity index (χ0) is 21.9. The molecule has 0 aromatic heterocycles. The van der Waals surface area contributed by atoms with Crippen LogP contribution in [0.15, 0.2) is 30.3 Å². The number of amides is 3. The van der Waals surface area contributed by atoms with Gasteiger partial charge in [0.2, 0.25) is 0 Å². The van der Waals surface area contributed by atoms with Crippen LogP contribution in [0.4, 0.5) is 15.3 Å². The van der Waals surface area contributed by atoms with E-state index < -0.39 is 23.7 Å². The molecule has 2 aliphatic rings. The molecular weight excluding hydrogens is 386 g/mol. The standard InChI is InChI=1S/C22H31N3O5/c1-5-29-19(26)17-13-15-11-12-24(20(27)23-16-9-7-6-8-10-16)14-18(15)25(17)21(28)30-22(2,3)4/h6-10,15,17-18H,5,11-14H2,1-4H3,(H,23,27)/t15-,17-,18-/m0/s1. The van der Waals surface area contributed by atoms with Crippen molar-refractivity contribution in [2.45, 2.75) is 58.2 Å². The lowest BCUT2D eigenvalue weighted by atomic mass is 9.91. The largest absolute Gasteiger partial charge is 0.464 e. The second kappa shape index (κ2) is 8.93. The van der Waals surface area contributed by atoms with Gasteiger partial charge < -0.3 is 19.7 Å². The number of anilines is 1. The summed E-state index contributed by atoms with van der Waals surface area (Å²) in [7, 11) is 0. The first kappa shape index (κ1) is 21.9. The maximum absolute atomic E-state index is 13.0. The maximum Gasteiger partial charge on any atom is 0.411 e. The third-order valence-corrected chi connectivity index (χ3v) is 5.42. The molecule has 0 aliphatic carbocycles. The average Bonchev–Trinajstić information content (AvgIpc) is 3.06. The van der Waals surface area contributed by atoms with Crippen LogP contribution in [0, 0.1) is 5.92 Å². The third kappa shape index (κ3) is 5.04. The van der Waals surface area contributed by atoms with Crippen molar-refractivity contribution in [3.63, 3.8) is 0 Å². The van der Waals surface area contributed by atoms with Crippen molar-refractivity contribution in [1.29, 1.82) is 0 Å². The van der Waals surface area contributed by atoms with E-state index in [1.165, 1.54) is 4.90 Å². The van der Waals surface area contributed by atoms with E-state index in [1.807, 2.05) is 30.3 Å². The minimum absolute atomic E-state index is 0.118. The van der Waals surface area contributed by atoms with Crippen LogP contribution in [0.5, 0.6) is 0 Å². The smallest absolute Gasteiger partial charge is 0.411 e. The first-order chi connectivity index (χ1) is 14.2. The summed E-state index contributed by atoms with van der Waals surface area (Å²) in [5.74, 6) is -0.300. The first-order valence-electron chi connectivity index (χ1n) is 10.5. The predicted octanol–water partition coefficient (Wildman–Crippen LogP) is 3.48. The number of esters is 1. The van der Waals surface area contributed by atoms with E-state index in [-0.39, 0.29) is 24.6 Å².